The number of ether oxygens (including phenoxy) is 2. The summed E-state index contributed by atoms with van der Waals surface area (Å²) in [5.41, 5.74) is 4.93. The number of rotatable bonds is 4. The van der Waals surface area contributed by atoms with Crippen LogP contribution in [0, 0.1) is 13.8 Å². The van der Waals surface area contributed by atoms with E-state index in [1.807, 2.05) is 18.2 Å². The van der Waals surface area contributed by atoms with Crippen LogP contribution in [0.15, 0.2) is 36.4 Å². The highest BCUT2D eigenvalue weighted by atomic mass is 16.5. The van der Waals surface area contributed by atoms with Gasteiger partial charge in [-0.15, -0.1) is 0 Å². The fourth-order valence-corrected chi connectivity index (χ4v) is 3.99. The zero-order valence-electron chi connectivity index (χ0n) is 16.9. The summed E-state index contributed by atoms with van der Waals surface area (Å²) in [5, 5.41) is 10.8. The average molecular weight is 383 g/mol. The van der Waals surface area contributed by atoms with Crippen molar-refractivity contribution in [2.45, 2.75) is 26.4 Å². The smallest absolute Gasteiger partial charge is 0.161 e. The fraction of sp³-hybridized carbons (Fsp3) is 0.478. The van der Waals surface area contributed by atoms with Crippen molar-refractivity contribution in [3.8, 4) is 11.5 Å². The zero-order valence-corrected chi connectivity index (χ0v) is 16.9. The first-order valence-electron chi connectivity index (χ1n) is 10.2. The van der Waals surface area contributed by atoms with E-state index >= 15 is 0 Å². The first-order valence-corrected chi connectivity index (χ1v) is 10.2. The van der Waals surface area contributed by atoms with E-state index in [9.17, 15) is 5.11 Å². The highest BCUT2D eigenvalue weighted by molar-refractivity contribution is 5.56. The summed E-state index contributed by atoms with van der Waals surface area (Å²) in [4.78, 5) is 4.80. The third-order valence-corrected chi connectivity index (χ3v) is 5.88. The minimum absolute atomic E-state index is 0.524. The number of fused-ring (bicyclic) bond motifs is 1. The maximum Gasteiger partial charge on any atom is 0.161 e. The molecule has 5 heteroatoms. The van der Waals surface area contributed by atoms with Gasteiger partial charge >= 0.3 is 0 Å². The lowest BCUT2D eigenvalue weighted by molar-refractivity contribution is 0.109. The molecule has 150 valence electrons. The second-order valence-corrected chi connectivity index (χ2v) is 7.78. The van der Waals surface area contributed by atoms with Crippen LogP contribution < -0.4 is 14.4 Å². The molecule has 1 fully saturated rings. The van der Waals surface area contributed by atoms with E-state index in [4.69, 9.17) is 9.47 Å². The molecule has 0 saturated carbocycles. The van der Waals surface area contributed by atoms with Crippen molar-refractivity contribution in [1.82, 2.24) is 4.90 Å². The van der Waals surface area contributed by atoms with Crippen LogP contribution in [-0.2, 0) is 0 Å². The normalized spacial score (nSPS) is 18.6. The van der Waals surface area contributed by atoms with Crippen molar-refractivity contribution in [2.24, 2.45) is 0 Å². The molecule has 5 nitrogen and oxygen atoms in total. The first kappa shape index (κ1) is 19.1. The third-order valence-electron chi connectivity index (χ3n) is 5.88. The number of β-amino-alcohol motifs (C(OH)–C–C–N with tert-alkyl or cyclic N) is 1. The van der Waals surface area contributed by atoms with Gasteiger partial charge in [-0.05, 0) is 48.7 Å². The van der Waals surface area contributed by atoms with E-state index in [0.29, 0.717) is 19.8 Å². The van der Waals surface area contributed by atoms with Crippen molar-refractivity contribution in [1.29, 1.82) is 0 Å². The van der Waals surface area contributed by atoms with Crippen molar-refractivity contribution in [3.05, 3.63) is 53.1 Å². The van der Waals surface area contributed by atoms with Crippen LogP contribution in [0.2, 0.25) is 0 Å². The molecule has 1 N–H and O–H groups in total. The van der Waals surface area contributed by atoms with E-state index in [0.717, 1.165) is 49.7 Å². The molecule has 2 aliphatic heterocycles. The van der Waals surface area contributed by atoms with Crippen LogP contribution in [0.5, 0.6) is 11.5 Å². The Morgan fingerprint density at radius 2 is 1.71 bits per heavy atom. The van der Waals surface area contributed by atoms with E-state index in [1.54, 1.807) is 0 Å². The Kier molecular flexibility index (Phi) is 5.74. The highest BCUT2D eigenvalue weighted by Crippen LogP contribution is 2.32. The zero-order chi connectivity index (χ0) is 19.5. The van der Waals surface area contributed by atoms with Gasteiger partial charge in [-0.2, -0.15) is 0 Å². The molecule has 4 rings (SSSR count). The second-order valence-electron chi connectivity index (χ2n) is 7.78. The van der Waals surface area contributed by atoms with E-state index in [-0.39, 0.29) is 0 Å². The number of aliphatic hydroxyl groups is 1. The lowest BCUT2D eigenvalue weighted by atomic mass is 10.1. The molecule has 0 amide bonds. The Balaban J connectivity index is 1.36. The first-order chi connectivity index (χ1) is 13.6. The highest BCUT2D eigenvalue weighted by Gasteiger charge is 2.22. The summed E-state index contributed by atoms with van der Waals surface area (Å²) in [5.74, 6) is 1.52. The topological polar surface area (TPSA) is 45.2 Å². The summed E-state index contributed by atoms with van der Waals surface area (Å²) >= 11 is 0. The standard InChI is InChI=1S/C23H30N2O3/c1-17-5-3-6-20(18(17)2)25-11-9-24(10-12-25)16-21(26)19-7-8-22-23(15-19)28-14-4-13-27-22/h3,5-8,15,21,26H,4,9-14,16H2,1-2H3. The maximum atomic E-state index is 10.8. The predicted molar refractivity (Wildman–Crippen MR) is 112 cm³/mol. The number of hydrogen-bond donors (Lipinski definition) is 1. The van der Waals surface area contributed by atoms with Crippen LogP contribution in [0.25, 0.3) is 0 Å². The predicted octanol–water partition coefficient (Wildman–Crippen LogP) is 3.32. The molecule has 2 heterocycles. The number of aryl methyl sites for hydroxylation is 1. The molecule has 0 aliphatic carbocycles. The molecule has 2 aliphatic rings. The number of piperazine rings is 1. The molecule has 2 aromatic carbocycles. The Labute approximate surface area is 167 Å². The SMILES string of the molecule is Cc1cccc(N2CCN(CC(O)c3ccc4c(c3)OCCCO4)CC2)c1C. The summed E-state index contributed by atoms with van der Waals surface area (Å²) in [6.07, 6.45) is 0.362. The van der Waals surface area contributed by atoms with Crippen LogP contribution in [0.4, 0.5) is 5.69 Å². The monoisotopic (exact) mass is 382 g/mol. The van der Waals surface area contributed by atoms with Gasteiger partial charge in [0.15, 0.2) is 11.5 Å². The van der Waals surface area contributed by atoms with Gasteiger partial charge in [0.05, 0.1) is 19.3 Å². The van der Waals surface area contributed by atoms with Crippen LogP contribution in [0.3, 0.4) is 0 Å². The summed E-state index contributed by atoms with van der Waals surface area (Å²) in [6, 6.07) is 12.3. The van der Waals surface area contributed by atoms with E-state index in [2.05, 4.69) is 41.8 Å². The number of anilines is 1. The summed E-state index contributed by atoms with van der Waals surface area (Å²) in [7, 11) is 0. The molecule has 0 aromatic heterocycles. The minimum atomic E-state index is -0.524. The summed E-state index contributed by atoms with van der Waals surface area (Å²) < 4.78 is 11.4. The third kappa shape index (κ3) is 4.10. The van der Waals surface area contributed by atoms with E-state index < -0.39 is 6.10 Å². The molecular formula is C23H30N2O3. The number of aliphatic hydroxyl groups excluding tert-OH is 1. The quantitative estimate of drug-likeness (QED) is 0.879. The average Bonchev–Trinajstić information content (AvgIpc) is 2.95. The van der Waals surface area contributed by atoms with Gasteiger partial charge in [0.25, 0.3) is 0 Å². The van der Waals surface area contributed by atoms with Crippen molar-refractivity contribution >= 4 is 5.69 Å². The Hall–Kier alpha value is -2.24. The molecule has 2 aromatic rings. The molecule has 0 spiro atoms. The number of hydrogen-bond acceptors (Lipinski definition) is 5. The number of benzene rings is 2. The van der Waals surface area contributed by atoms with Gasteiger partial charge in [-0.25, -0.2) is 0 Å². The van der Waals surface area contributed by atoms with Gasteiger partial charge in [0, 0.05) is 44.8 Å². The molecule has 28 heavy (non-hydrogen) atoms. The van der Waals surface area contributed by atoms with Crippen LogP contribution in [-0.4, -0.2) is 55.9 Å². The lowest BCUT2D eigenvalue weighted by Crippen LogP contribution is -2.47. The van der Waals surface area contributed by atoms with Gasteiger partial charge < -0.3 is 19.5 Å². The molecule has 0 radical (unpaired) electrons. The van der Waals surface area contributed by atoms with Crippen molar-refractivity contribution in [2.75, 3.05) is 50.8 Å². The summed E-state index contributed by atoms with van der Waals surface area (Å²) in [6.45, 7) is 10.2. The Morgan fingerprint density at radius 1 is 0.964 bits per heavy atom. The second kappa shape index (κ2) is 8.41. The van der Waals surface area contributed by atoms with Gasteiger partial charge in [0.1, 0.15) is 0 Å². The van der Waals surface area contributed by atoms with Crippen molar-refractivity contribution in [3.63, 3.8) is 0 Å². The fourth-order valence-electron chi connectivity index (χ4n) is 3.99. The Morgan fingerprint density at radius 3 is 2.50 bits per heavy atom. The molecular weight excluding hydrogens is 352 g/mol. The lowest BCUT2D eigenvalue weighted by Gasteiger charge is -2.37. The number of nitrogens with zero attached hydrogens (tertiary/aromatic N) is 2. The van der Waals surface area contributed by atoms with Gasteiger partial charge in [-0.1, -0.05) is 18.2 Å². The molecule has 1 unspecified atom stereocenters. The van der Waals surface area contributed by atoms with E-state index in [1.165, 1.54) is 16.8 Å². The molecule has 1 saturated heterocycles. The maximum absolute atomic E-state index is 10.8. The molecule has 0 bridgehead atoms. The van der Waals surface area contributed by atoms with Gasteiger partial charge in [-0.3, -0.25) is 4.90 Å². The largest absolute Gasteiger partial charge is 0.490 e. The van der Waals surface area contributed by atoms with Crippen molar-refractivity contribution < 1.29 is 14.6 Å². The minimum Gasteiger partial charge on any atom is -0.490 e. The van der Waals surface area contributed by atoms with Gasteiger partial charge in [0.2, 0.25) is 0 Å². The van der Waals surface area contributed by atoms with Crippen LogP contribution >= 0.6 is 0 Å². The van der Waals surface area contributed by atoms with Crippen LogP contribution in [0.1, 0.15) is 29.2 Å². The Bertz CT molecular complexity index is 815. The molecule has 1 atom stereocenters.